The minimum atomic E-state index is 0.165. The summed E-state index contributed by atoms with van der Waals surface area (Å²) in [4.78, 5) is 11.5. The van der Waals surface area contributed by atoms with Crippen LogP contribution in [0.2, 0.25) is 0 Å². The van der Waals surface area contributed by atoms with Crippen molar-refractivity contribution in [3.8, 4) is 0 Å². The van der Waals surface area contributed by atoms with Crippen LogP contribution in [0.4, 0.5) is 5.69 Å². The Labute approximate surface area is 97.8 Å². The number of benzene rings is 1. The van der Waals surface area contributed by atoms with Crippen molar-refractivity contribution in [2.45, 2.75) is 19.4 Å². The molecule has 0 bridgehead atoms. The fourth-order valence-corrected chi connectivity index (χ4v) is 2.39. The van der Waals surface area contributed by atoms with E-state index in [9.17, 15) is 4.79 Å². The standard InChI is InChI=1S/C11H13BrN2O/c1-8-7-11(15)13(2)14(8)10-6-4-3-5-9(10)12/h3-6,8H,7H2,1-2H3. The molecule has 0 saturated carbocycles. The number of hydrogen-bond donors (Lipinski definition) is 0. The van der Waals surface area contributed by atoms with Crippen molar-refractivity contribution < 1.29 is 4.79 Å². The van der Waals surface area contributed by atoms with Crippen LogP contribution in [0.5, 0.6) is 0 Å². The molecule has 1 unspecified atom stereocenters. The van der Waals surface area contributed by atoms with Gasteiger partial charge in [-0.15, -0.1) is 0 Å². The Morgan fingerprint density at radius 3 is 2.60 bits per heavy atom. The van der Waals surface area contributed by atoms with Gasteiger partial charge >= 0.3 is 0 Å². The maximum atomic E-state index is 11.5. The van der Waals surface area contributed by atoms with Gasteiger partial charge in [0.1, 0.15) is 0 Å². The Morgan fingerprint density at radius 2 is 2.07 bits per heavy atom. The predicted molar refractivity (Wildman–Crippen MR) is 63.5 cm³/mol. The molecule has 1 aromatic carbocycles. The Hall–Kier alpha value is -1.03. The zero-order valence-electron chi connectivity index (χ0n) is 8.77. The van der Waals surface area contributed by atoms with Gasteiger partial charge in [0.2, 0.25) is 5.91 Å². The summed E-state index contributed by atoms with van der Waals surface area (Å²) in [5.74, 6) is 0.165. The van der Waals surface area contributed by atoms with Gasteiger partial charge in [0.05, 0.1) is 18.2 Å². The van der Waals surface area contributed by atoms with Crippen LogP contribution in [0.25, 0.3) is 0 Å². The Morgan fingerprint density at radius 1 is 1.40 bits per heavy atom. The van der Waals surface area contributed by atoms with E-state index < -0.39 is 0 Å². The van der Waals surface area contributed by atoms with E-state index in [1.54, 1.807) is 5.01 Å². The van der Waals surface area contributed by atoms with Gasteiger partial charge in [-0.25, -0.2) is 0 Å². The second-order valence-electron chi connectivity index (χ2n) is 3.77. The molecule has 0 aliphatic carbocycles. The molecule has 1 aliphatic heterocycles. The van der Waals surface area contributed by atoms with Crippen LogP contribution in [0.15, 0.2) is 28.7 Å². The molecule has 0 spiro atoms. The maximum Gasteiger partial charge on any atom is 0.242 e. The largest absolute Gasteiger partial charge is 0.279 e. The molecule has 1 saturated heterocycles. The lowest BCUT2D eigenvalue weighted by Crippen LogP contribution is -2.39. The molecule has 0 N–H and O–H groups in total. The molecule has 1 heterocycles. The van der Waals surface area contributed by atoms with Gasteiger partial charge in [-0.05, 0) is 35.0 Å². The fraction of sp³-hybridized carbons (Fsp3) is 0.364. The smallest absolute Gasteiger partial charge is 0.242 e. The van der Waals surface area contributed by atoms with Crippen LogP contribution in [0, 0.1) is 0 Å². The molecule has 1 atom stereocenters. The lowest BCUT2D eigenvalue weighted by atomic mass is 10.2. The van der Waals surface area contributed by atoms with Gasteiger partial charge in [0.25, 0.3) is 0 Å². The van der Waals surface area contributed by atoms with E-state index in [1.165, 1.54) is 0 Å². The molecule has 3 nitrogen and oxygen atoms in total. The van der Waals surface area contributed by atoms with Crippen molar-refractivity contribution in [1.82, 2.24) is 5.01 Å². The molecule has 2 rings (SSSR count). The van der Waals surface area contributed by atoms with E-state index >= 15 is 0 Å². The minimum absolute atomic E-state index is 0.165. The Bertz CT molecular complexity index is 394. The third-order valence-corrected chi connectivity index (χ3v) is 3.34. The highest BCUT2D eigenvalue weighted by molar-refractivity contribution is 9.10. The molecule has 4 heteroatoms. The Balaban J connectivity index is 2.39. The summed E-state index contributed by atoms with van der Waals surface area (Å²) < 4.78 is 1.01. The molecule has 80 valence electrons. The number of halogens is 1. The number of hydrogen-bond acceptors (Lipinski definition) is 2. The van der Waals surface area contributed by atoms with E-state index in [2.05, 4.69) is 22.9 Å². The SMILES string of the molecule is CC1CC(=O)N(C)N1c1ccccc1Br. The number of para-hydroxylation sites is 1. The summed E-state index contributed by atoms with van der Waals surface area (Å²) in [6.45, 7) is 2.06. The number of nitrogens with zero attached hydrogens (tertiary/aromatic N) is 2. The molecule has 1 fully saturated rings. The second kappa shape index (κ2) is 3.85. The van der Waals surface area contributed by atoms with Crippen molar-refractivity contribution >= 4 is 27.5 Å². The first-order chi connectivity index (χ1) is 7.11. The number of carbonyl (C=O) groups is 1. The number of hydrazine groups is 1. The van der Waals surface area contributed by atoms with Crippen LogP contribution < -0.4 is 5.01 Å². The molecular formula is C11H13BrN2O. The minimum Gasteiger partial charge on any atom is -0.279 e. The molecular weight excluding hydrogens is 256 g/mol. The highest BCUT2D eigenvalue weighted by Crippen LogP contribution is 2.32. The fourth-order valence-electron chi connectivity index (χ4n) is 1.92. The summed E-state index contributed by atoms with van der Waals surface area (Å²) in [6.07, 6.45) is 0.581. The van der Waals surface area contributed by atoms with Crippen LogP contribution >= 0.6 is 15.9 Å². The van der Waals surface area contributed by atoms with Gasteiger partial charge in [-0.1, -0.05) is 12.1 Å². The molecule has 1 aromatic rings. The number of rotatable bonds is 1. The summed E-state index contributed by atoms with van der Waals surface area (Å²) >= 11 is 3.50. The van der Waals surface area contributed by atoms with Crippen LogP contribution in [-0.2, 0) is 4.79 Å². The normalized spacial score (nSPS) is 21.3. The van der Waals surface area contributed by atoms with Crippen molar-refractivity contribution in [1.29, 1.82) is 0 Å². The first-order valence-corrected chi connectivity index (χ1v) is 5.71. The maximum absolute atomic E-state index is 11.5. The van der Waals surface area contributed by atoms with E-state index in [-0.39, 0.29) is 11.9 Å². The van der Waals surface area contributed by atoms with E-state index in [4.69, 9.17) is 0 Å². The molecule has 0 radical (unpaired) electrons. The monoisotopic (exact) mass is 268 g/mol. The van der Waals surface area contributed by atoms with E-state index in [0.717, 1.165) is 10.2 Å². The van der Waals surface area contributed by atoms with Crippen LogP contribution in [-0.4, -0.2) is 24.0 Å². The first-order valence-electron chi connectivity index (χ1n) is 4.91. The van der Waals surface area contributed by atoms with Gasteiger partial charge in [0.15, 0.2) is 0 Å². The van der Waals surface area contributed by atoms with E-state index in [0.29, 0.717) is 6.42 Å². The molecule has 1 amide bonds. The number of amides is 1. The zero-order valence-corrected chi connectivity index (χ0v) is 10.4. The summed E-state index contributed by atoms with van der Waals surface area (Å²) in [5, 5.41) is 3.71. The van der Waals surface area contributed by atoms with Crippen molar-refractivity contribution in [3.05, 3.63) is 28.7 Å². The number of carbonyl (C=O) groups excluding carboxylic acids is 1. The lowest BCUT2D eigenvalue weighted by Gasteiger charge is -2.30. The predicted octanol–water partition coefficient (Wildman–Crippen LogP) is 2.42. The third-order valence-electron chi connectivity index (χ3n) is 2.67. The van der Waals surface area contributed by atoms with Crippen molar-refractivity contribution in [2.75, 3.05) is 12.1 Å². The van der Waals surface area contributed by atoms with Crippen LogP contribution in [0.1, 0.15) is 13.3 Å². The quantitative estimate of drug-likeness (QED) is 0.781. The summed E-state index contributed by atoms with van der Waals surface area (Å²) in [7, 11) is 1.81. The third kappa shape index (κ3) is 1.74. The van der Waals surface area contributed by atoms with E-state index in [1.807, 2.05) is 36.3 Å². The average molecular weight is 269 g/mol. The highest BCUT2D eigenvalue weighted by atomic mass is 79.9. The number of anilines is 1. The highest BCUT2D eigenvalue weighted by Gasteiger charge is 2.33. The van der Waals surface area contributed by atoms with Crippen LogP contribution in [0.3, 0.4) is 0 Å². The Kier molecular flexibility index (Phi) is 2.69. The van der Waals surface area contributed by atoms with Gasteiger partial charge < -0.3 is 0 Å². The van der Waals surface area contributed by atoms with Gasteiger partial charge in [-0.2, -0.15) is 0 Å². The first kappa shape index (κ1) is 10.5. The summed E-state index contributed by atoms with van der Waals surface area (Å²) in [5.41, 5.74) is 1.04. The molecule has 15 heavy (non-hydrogen) atoms. The van der Waals surface area contributed by atoms with Gasteiger partial charge in [-0.3, -0.25) is 14.8 Å². The average Bonchev–Trinajstić information content (AvgIpc) is 2.43. The lowest BCUT2D eigenvalue weighted by molar-refractivity contribution is -0.126. The van der Waals surface area contributed by atoms with Gasteiger partial charge in [0, 0.05) is 11.5 Å². The molecule has 1 aliphatic rings. The second-order valence-corrected chi connectivity index (χ2v) is 4.62. The topological polar surface area (TPSA) is 23.6 Å². The van der Waals surface area contributed by atoms with Crippen molar-refractivity contribution in [2.24, 2.45) is 0 Å². The molecule has 0 aromatic heterocycles. The van der Waals surface area contributed by atoms with Crippen molar-refractivity contribution in [3.63, 3.8) is 0 Å². The summed E-state index contributed by atoms with van der Waals surface area (Å²) in [6, 6.07) is 8.16. The zero-order chi connectivity index (χ0) is 11.0.